The van der Waals surface area contributed by atoms with Crippen LogP contribution in [0.1, 0.15) is 22.8 Å². The van der Waals surface area contributed by atoms with Crippen LogP contribution in [0.15, 0.2) is 22.7 Å². The van der Waals surface area contributed by atoms with Gasteiger partial charge in [0.25, 0.3) is 5.91 Å². The topological polar surface area (TPSA) is 63.2 Å². The number of aryl methyl sites for hydroxylation is 1. The van der Waals surface area contributed by atoms with Gasteiger partial charge >= 0.3 is 0 Å². The van der Waals surface area contributed by atoms with Crippen LogP contribution >= 0.6 is 15.9 Å². The minimum absolute atomic E-state index is 0.0672. The van der Waals surface area contributed by atoms with Crippen LogP contribution in [-0.2, 0) is 9.84 Å². The van der Waals surface area contributed by atoms with Gasteiger partial charge in [-0.05, 0) is 47.5 Å². The van der Waals surface area contributed by atoms with Crippen molar-refractivity contribution in [3.05, 3.63) is 33.8 Å². The minimum Gasteiger partial charge on any atom is -0.349 e. The predicted molar refractivity (Wildman–Crippen MR) is 75.5 cm³/mol. The lowest BCUT2D eigenvalue weighted by Gasteiger charge is -2.13. The maximum absolute atomic E-state index is 11.9. The van der Waals surface area contributed by atoms with E-state index in [0.29, 0.717) is 10.0 Å². The van der Waals surface area contributed by atoms with Crippen molar-refractivity contribution in [2.75, 3.05) is 12.0 Å². The van der Waals surface area contributed by atoms with Crippen molar-refractivity contribution < 1.29 is 13.2 Å². The Labute approximate surface area is 116 Å². The van der Waals surface area contributed by atoms with E-state index < -0.39 is 15.9 Å². The molecule has 100 valence electrons. The van der Waals surface area contributed by atoms with Gasteiger partial charge in [-0.2, -0.15) is 0 Å². The highest BCUT2D eigenvalue weighted by atomic mass is 79.9. The molecule has 0 radical (unpaired) electrons. The van der Waals surface area contributed by atoms with E-state index in [9.17, 15) is 13.2 Å². The minimum atomic E-state index is -3.09. The van der Waals surface area contributed by atoms with Crippen molar-refractivity contribution in [1.82, 2.24) is 5.32 Å². The molecule has 0 fully saturated rings. The Morgan fingerprint density at radius 1 is 1.44 bits per heavy atom. The molecule has 0 heterocycles. The van der Waals surface area contributed by atoms with Crippen LogP contribution in [0.2, 0.25) is 0 Å². The SMILES string of the molecule is Cc1ccc(C(=O)NC(C)CS(C)(=O)=O)c(Br)c1. The Bertz CT molecular complexity index is 554. The average Bonchev–Trinajstić information content (AvgIpc) is 2.13. The van der Waals surface area contributed by atoms with Crippen LogP contribution in [-0.4, -0.2) is 32.4 Å². The zero-order valence-electron chi connectivity index (χ0n) is 10.5. The van der Waals surface area contributed by atoms with E-state index >= 15 is 0 Å². The summed E-state index contributed by atoms with van der Waals surface area (Å²) in [5.74, 6) is -0.347. The molecule has 1 N–H and O–H groups in total. The second-order valence-corrected chi connectivity index (χ2v) is 7.49. The lowest BCUT2D eigenvalue weighted by Crippen LogP contribution is -2.37. The molecular formula is C12H16BrNO3S. The van der Waals surface area contributed by atoms with Gasteiger partial charge in [-0.1, -0.05) is 6.07 Å². The molecule has 0 aromatic heterocycles. The molecule has 1 aromatic carbocycles. The van der Waals surface area contributed by atoms with Crippen molar-refractivity contribution in [3.8, 4) is 0 Å². The molecule has 0 aliphatic heterocycles. The molecule has 4 nitrogen and oxygen atoms in total. The highest BCUT2D eigenvalue weighted by Crippen LogP contribution is 2.18. The predicted octanol–water partition coefficient (Wildman–Crippen LogP) is 1.92. The molecule has 1 rings (SSSR count). The number of benzene rings is 1. The molecule has 6 heteroatoms. The Morgan fingerprint density at radius 2 is 2.06 bits per heavy atom. The van der Waals surface area contributed by atoms with E-state index in [-0.39, 0.29) is 11.7 Å². The number of carbonyl (C=O) groups excluding carboxylic acids is 1. The van der Waals surface area contributed by atoms with Crippen LogP contribution in [0.25, 0.3) is 0 Å². The molecule has 0 aliphatic rings. The van der Waals surface area contributed by atoms with Crippen LogP contribution < -0.4 is 5.32 Å². The van der Waals surface area contributed by atoms with Crippen LogP contribution in [0, 0.1) is 6.92 Å². The standard InChI is InChI=1S/C12H16BrNO3S/c1-8-4-5-10(11(13)6-8)12(15)14-9(2)7-18(3,16)17/h4-6,9H,7H2,1-3H3,(H,14,15). The first-order valence-electron chi connectivity index (χ1n) is 5.44. The van der Waals surface area contributed by atoms with Crippen LogP contribution in [0.3, 0.4) is 0 Å². The summed E-state index contributed by atoms with van der Waals surface area (Å²) < 4.78 is 22.9. The number of halogens is 1. The summed E-state index contributed by atoms with van der Waals surface area (Å²) in [5.41, 5.74) is 1.54. The zero-order valence-corrected chi connectivity index (χ0v) is 12.9. The molecule has 1 unspecified atom stereocenters. The molecule has 1 amide bonds. The number of rotatable bonds is 4. The second kappa shape index (κ2) is 5.84. The summed E-state index contributed by atoms with van der Waals surface area (Å²) in [5, 5.41) is 2.66. The summed E-state index contributed by atoms with van der Waals surface area (Å²) in [4.78, 5) is 11.9. The Kier molecular flexibility index (Phi) is 4.92. The summed E-state index contributed by atoms with van der Waals surface area (Å²) in [6, 6.07) is 4.97. The van der Waals surface area contributed by atoms with E-state index in [4.69, 9.17) is 0 Å². The molecule has 0 spiro atoms. The third kappa shape index (κ3) is 4.78. The third-order valence-electron chi connectivity index (χ3n) is 2.30. The fraction of sp³-hybridized carbons (Fsp3) is 0.417. The van der Waals surface area contributed by atoms with Crippen molar-refractivity contribution in [1.29, 1.82) is 0 Å². The second-order valence-electron chi connectivity index (χ2n) is 4.45. The fourth-order valence-corrected chi connectivity index (χ4v) is 3.27. The van der Waals surface area contributed by atoms with Gasteiger partial charge in [0, 0.05) is 16.8 Å². The number of hydrogen-bond donors (Lipinski definition) is 1. The van der Waals surface area contributed by atoms with Gasteiger partial charge in [-0.3, -0.25) is 4.79 Å². The monoisotopic (exact) mass is 333 g/mol. The van der Waals surface area contributed by atoms with Gasteiger partial charge < -0.3 is 5.32 Å². The summed E-state index contributed by atoms with van der Waals surface area (Å²) in [6.07, 6.45) is 1.15. The van der Waals surface area contributed by atoms with Crippen molar-refractivity contribution in [2.45, 2.75) is 19.9 Å². The molecule has 0 saturated carbocycles. The first kappa shape index (κ1) is 15.2. The summed E-state index contributed by atoms with van der Waals surface area (Å²) in [7, 11) is -3.09. The highest BCUT2D eigenvalue weighted by Gasteiger charge is 2.16. The van der Waals surface area contributed by atoms with E-state index in [1.165, 1.54) is 0 Å². The quantitative estimate of drug-likeness (QED) is 0.915. The average molecular weight is 334 g/mol. The maximum atomic E-state index is 11.9. The molecule has 1 atom stereocenters. The van der Waals surface area contributed by atoms with Crippen molar-refractivity contribution >= 4 is 31.7 Å². The number of amides is 1. The van der Waals surface area contributed by atoms with E-state index in [1.54, 1.807) is 13.0 Å². The van der Waals surface area contributed by atoms with Gasteiger partial charge in [0.15, 0.2) is 0 Å². The first-order chi connectivity index (χ1) is 8.19. The van der Waals surface area contributed by atoms with Crippen molar-refractivity contribution in [2.24, 2.45) is 0 Å². The molecule has 18 heavy (non-hydrogen) atoms. The van der Waals surface area contributed by atoms with Gasteiger partial charge in [-0.15, -0.1) is 0 Å². The Balaban J connectivity index is 2.77. The van der Waals surface area contributed by atoms with Gasteiger partial charge in [-0.25, -0.2) is 8.42 Å². The van der Waals surface area contributed by atoms with Crippen LogP contribution in [0.5, 0.6) is 0 Å². The molecule has 0 aliphatic carbocycles. The van der Waals surface area contributed by atoms with Gasteiger partial charge in [0.05, 0.1) is 11.3 Å². The summed E-state index contributed by atoms with van der Waals surface area (Å²) >= 11 is 3.32. The number of sulfone groups is 1. The Morgan fingerprint density at radius 3 is 2.56 bits per heavy atom. The molecule has 0 saturated heterocycles. The summed E-state index contributed by atoms with van der Waals surface area (Å²) in [6.45, 7) is 3.60. The van der Waals surface area contributed by atoms with Gasteiger partial charge in [0.2, 0.25) is 0 Å². The third-order valence-corrected chi connectivity index (χ3v) is 4.06. The number of carbonyl (C=O) groups is 1. The van der Waals surface area contributed by atoms with Crippen LogP contribution in [0.4, 0.5) is 0 Å². The Hall–Kier alpha value is -0.880. The largest absolute Gasteiger partial charge is 0.349 e. The molecule has 1 aromatic rings. The zero-order chi connectivity index (χ0) is 13.9. The van der Waals surface area contributed by atoms with E-state index in [2.05, 4.69) is 21.2 Å². The number of nitrogens with one attached hydrogen (secondary N) is 1. The smallest absolute Gasteiger partial charge is 0.252 e. The van der Waals surface area contributed by atoms with Crippen molar-refractivity contribution in [3.63, 3.8) is 0 Å². The molecule has 0 bridgehead atoms. The maximum Gasteiger partial charge on any atom is 0.252 e. The van der Waals surface area contributed by atoms with E-state index in [1.807, 2.05) is 19.1 Å². The van der Waals surface area contributed by atoms with E-state index in [0.717, 1.165) is 11.8 Å². The number of hydrogen-bond acceptors (Lipinski definition) is 3. The van der Waals surface area contributed by atoms with Gasteiger partial charge in [0.1, 0.15) is 9.84 Å². The highest BCUT2D eigenvalue weighted by molar-refractivity contribution is 9.10. The molecular weight excluding hydrogens is 318 g/mol. The fourth-order valence-electron chi connectivity index (χ4n) is 1.60. The lowest BCUT2D eigenvalue weighted by atomic mass is 10.1. The first-order valence-corrected chi connectivity index (χ1v) is 8.29. The lowest BCUT2D eigenvalue weighted by molar-refractivity contribution is 0.0943. The normalized spacial score (nSPS) is 13.1.